The summed E-state index contributed by atoms with van der Waals surface area (Å²) in [7, 11) is 0. The van der Waals surface area contributed by atoms with E-state index in [0.717, 1.165) is 18.8 Å². The maximum atomic E-state index is 6.13. The van der Waals surface area contributed by atoms with E-state index in [1.165, 1.54) is 54.7 Å². The first kappa shape index (κ1) is 28.3. The minimum absolute atomic E-state index is 0. The summed E-state index contributed by atoms with van der Waals surface area (Å²) in [6.45, 7) is 19.6. The number of aryl methyl sites for hydroxylation is 6. The van der Waals surface area contributed by atoms with Gasteiger partial charge in [0, 0.05) is 0 Å². The maximum Gasteiger partial charge on any atom is -0.147 e. The fourth-order valence-electron chi connectivity index (χ4n) is 5.26. The first-order chi connectivity index (χ1) is 16.7. The second kappa shape index (κ2) is 11.8. The van der Waals surface area contributed by atoms with Crippen molar-refractivity contribution in [2.24, 2.45) is 0 Å². The summed E-state index contributed by atoms with van der Waals surface area (Å²) in [5, 5.41) is 0. The molecule has 1 aliphatic rings. The third kappa shape index (κ3) is 5.98. The average molecular weight is 592 g/mol. The van der Waals surface area contributed by atoms with Crippen LogP contribution in [-0.4, -0.2) is 28.2 Å². The van der Waals surface area contributed by atoms with Crippen molar-refractivity contribution in [2.45, 2.75) is 61.5 Å². The first-order valence-corrected chi connectivity index (χ1v) is 14.3. The van der Waals surface area contributed by atoms with Crippen LogP contribution >= 0.6 is 12.4 Å². The number of para-hydroxylation sites is 1. The van der Waals surface area contributed by atoms with Gasteiger partial charge in [-0.3, -0.25) is 0 Å². The maximum absolute atomic E-state index is 6.13. The number of nitrogens with zero attached hydrogens (tertiary/aromatic N) is 2. The van der Waals surface area contributed by atoms with Gasteiger partial charge in [-0.15, -0.1) is 12.4 Å². The molecule has 0 radical (unpaired) electrons. The van der Waals surface area contributed by atoms with E-state index in [-0.39, 0.29) is 34.7 Å². The van der Waals surface area contributed by atoms with Crippen LogP contribution in [0.1, 0.15) is 52.8 Å². The van der Waals surface area contributed by atoms with Crippen LogP contribution in [0.4, 0.5) is 11.4 Å². The van der Waals surface area contributed by atoms with Crippen molar-refractivity contribution >= 4 is 32.7 Å². The van der Waals surface area contributed by atoms with E-state index in [0.29, 0.717) is 0 Å². The van der Waals surface area contributed by atoms with Gasteiger partial charge in [0.05, 0.1) is 0 Å². The Morgan fingerprint density at radius 3 is 1.64 bits per heavy atom. The summed E-state index contributed by atoms with van der Waals surface area (Å²) in [5.41, 5.74) is 12.0. The van der Waals surface area contributed by atoms with E-state index >= 15 is 0 Å². The number of halogens is 1. The molecule has 3 aromatic rings. The fourth-order valence-corrected chi connectivity index (χ4v) is 7.49. The summed E-state index contributed by atoms with van der Waals surface area (Å²) < 4.78 is 9.97. The van der Waals surface area contributed by atoms with Gasteiger partial charge in [0.2, 0.25) is 0 Å². The monoisotopic (exact) mass is 592 g/mol. The molecule has 0 saturated carbocycles. The van der Waals surface area contributed by atoms with E-state index < -0.39 is 0 Å². The SMILES string of the molecule is Cc1cc(C)c(N2CCN(c3c(C)cc(C)cc3C)[C]2=[Ru]=[CH]c2ccccc2OC(C)C)c(C)c1.Cl. The zero-order valence-electron chi connectivity index (χ0n) is 22.8. The van der Waals surface area contributed by atoms with Crippen LogP contribution < -0.4 is 14.5 Å². The Labute approximate surface area is 230 Å². The van der Waals surface area contributed by atoms with Crippen LogP contribution in [0.15, 0.2) is 48.5 Å². The molecule has 36 heavy (non-hydrogen) atoms. The molecule has 194 valence electrons. The Balaban J connectivity index is 0.00000361. The molecule has 1 heterocycles. The standard InChI is InChI=1S/C21H26N2.C10H12O.ClH.Ru/c1-14-9-16(3)20(17(4)10-14)22-7-8-23(13-22)21-18(5)11-15(2)12-19(21)6;1-8(2)11-10-7-5-4-6-9(10)3;;/h9-12H,7-8H2,1-6H3;3-8H,1-2H3;1H;. The summed E-state index contributed by atoms with van der Waals surface area (Å²) >= 11 is -0.205. The van der Waals surface area contributed by atoms with Crippen molar-refractivity contribution in [3.05, 3.63) is 87.5 Å². The van der Waals surface area contributed by atoms with E-state index in [9.17, 15) is 0 Å². The molecule has 0 bridgehead atoms. The molecule has 5 heteroatoms. The van der Waals surface area contributed by atoms with Crippen molar-refractivity contribution in [2.75, 3.05) is 22.9 Å². The zero-order chi connectivity index (χ0) is 25.3. The minimum atomic E-state index is -0.205. The van der Waals surface area contributed by atoms with E-state index in [1.54, 1.807) is 0 Å². The smallest absolute Gasteiger partial charge is 0.147 e. The Morgan fingerprint density at radius 2 is 1.19 bits per heavy atom. The second-order valence-electron chi connectivity index (χ2n) is 9.96. The summed E-state index contributed by atoms with van der Waals surface area (Å²) in [4.78, 5) is 5.17. The van der Waals surface area contributed by atoms with Gasteiger partial charge in [-0.1, -0.05) is 0 Å². The molecular formula is C31H39ClN2ORu. The summed E-state index contributed by atoms with van der Waals surface area (Å²) in [6, 6.07) is 17.7. The number of hydrogen-bond donors (Lipinski definition) is 0. The minimum Gasteiger partial charge on any atom is -0.147 e. The van der Waals surface area contributed by atoms with Crippen LogP contribution in [-0.2, 0) is 16.2 Å². The summed E-state index contributed by atoms with van der Waals surface area (Å²) in [6.07, 6.45) is 0.156. The Morgan fingerprint density at radius 1 is 0.750 bits per heavy atom. The zero-order valence-corrected chi connectivity index (χ0v) is 25.3. The van der Waals surface area contributed by atoms with Gasteiger partial charge in [0.1, 0.15) is 0 Å². The number of rotatable bonds is 5. The molecule has 0 amide bonds. The molecule has 4 rings (SSSR count). The quantitative estimate of drug-likeness (QED) is 0.295. The van der Waals surface area contributed by atoms with Crippen molar-refractivity contribution in [3.63, 3.8) is 0 Å². The molecule has 3 nitrogen and oxygen atoms in total. The van der Waals surface area contributed by atoms with Gasteiger partial charge in [-0.25, -0.2) is 0 Å². The number of ether oxygens (including phenoxy) is 1. The Hall–Kier alpha value is -2.29. The normalized spacial score (nSPS) is 13.3. The number of hydrogen-bond acceptors (Lipinski definition) is 3. The third-order valence-corrected chi connectivity index (χ3v) is 8.50. The fraction of sp³-hybridized carbons (Fsp3) is 0.355. The van der Waals surface area contributed by atoms with Gasteiger partial charge in [-0.2, -0.15) is 0 Å². The summed E-state index contributed by atoms with van der Waals surface area (Å²) in [5.74, 6) is 0.971. The predicted octanol–water partition coefficient (Wildman–Crippen LogP) is 7.09. The molecule has 1 aliphatic heterocycles. The average Bonchev–Trinajstić information content (AvgIpc) is 3.14. The van der Waals surface area contributed by atoms with Crippen LogP contribution in [0, 0.1) is 41.5 Å². The second-order valence-corrected chi connectivity index (χ2v) is 11.7. The molecule has 1 fully saturated rings. The molecule has 0 aliphatic carbocycles. The number of anilines is 2. The molecule has 0 N–H and O–H groups in total. The Kier molecular flexibility index (Phi) is 9.30. The van der Waals surface area contributed by atoms with Crippen LogP contribution in [0.25, 0.3) is 0 Å². The molecule has 0 spiro atoms. The molecule has 1 saturated heterocycles. The molecule has 3 aromatic carbocycles. The van der Waals surface area contributed by atoms with E-state index in [4.69, 9.17) is 4.74 Å². The van der Waals surface area contributed by atoms with Crippen LogP contribution in [0.5, 0.6) is 5.75 Å². The number of benzene rings is 3. The van der Waals surface area contributed by atoms with E-state index in [2.05, 4.69) is 118 Å². The Bertz CT molecular complexity index is 1210. The van der Waals surface area contributed by atoms with Crippen molar-refractivity contribution < 1.29 is 21.0 Å². The topological polar surface area (TPSA) is 15.7 Å². The van der Waals surface area contributed by atoms with E-state index in [1.807, 2.05) is 0 Å². The molecular weight excluding hydrogens is 553 g/mol. The van der Waals surface area contributed by atoms with Crippen LogP contribution in [0.2, 0.25) is 0 Å². The van der Waals surface area contributed by atoms with Crippen molar-refractivity contribution in [1.82, 2.24) is 0 Å². The molecule has 0 atom stereocenters. The van der Waals surface area contributed by atoms with Gasteiger partial charge >= 0.3 is 219 Å². The molecule has 0 unspecified atom stereocenters. The molecule has 0 aromatic heterocycles. The van der Waals surface area contributed by atoms with Crippen LogP contribution in [0.3, 0.4) is 0 Å². The van der Waals surface area contributed by atoms with Gasteiger partial charge in [-0.05, 0) is 0 Å². The predicted molar refractivity (Wildman–Crippen MR) is 156 cm³/mol. The third-order valence-electron chi connectivity index (χ3n) is 6.32. The first-order valence-electron chi connectivity index (χ1n) is 12.4. The van der Waals surface area contributed by atoms with Gasteiger partial charge in [0.15, 0.2) is 0 Å². The van der Waals surface area contributed by atoms with Gasteiger partial charge in [0.25, 0.3) is 0 Å². The van der Waals surface area contributed by atoms with Crippen molar-refractivity contribution in [3.8, 4) is 5.75 Å². The largest absolute Gasteiger partial charge is 0.147 e. The van der Waals surface area contributed by atoms with Gasteiger partial charge < -0.3 is 0 Å². The van der Waals surface area contributed by atoms with Crippen molar-refractivity contribution in [1.29, 1.82) is 0 Å².